The van der Waals surface area contributed by atoms with Gasteiger partial charge in [0.15, 0.2) is 0 Å². The van der Waals surface area contributed by atoms with E-state index in [9.17, 15) is 13.2 Å². The monoisotopic (exact) mass is 346 g/mol. The van der Waals surface area contributed by atoms with Gasteiger partial charge in [0.2, 0.25) is 15.9 Å². The zero-order valence-corrected chi connectivity index (χ0v) is 14.6. The number of rotatable bonds is 9. The van der Waals surface area contributed by atoms with Crippen molar-refractivity contribution < 1.29 is 13.2 Å². The van der Waals surface area contributed by atoms with Crippen LogP contribution in [-0.4, -0.2) is 38.9 Å². The first-order chi connectivity index (χ1) is 10.4. The molecule has 22 heavy (non-hydrogen) atoms. The van der Waals surface area contributed by atoms with Crippen LogP contribution in [-0.2, 0) is 14.8 Å². The van der Waals surface area contributed by atoms with E-state index < -0.39 is 10.0 Å². The third kappa shape index (κ3) is 5.59. The van der Waals surface area contributed by atoms with Gasteiger partial charge in [-0.25, -0.2) is 13.1 Å². The van der Waals surface area contributed by atoms with Gasteiger partial charge in [0.05, 0.1) is 5.02 Å². The summed E-state index contributed by atoms with van der Waals surface area (Å²) < 4.78 is 26.7. The number of benzene rings is 1. The van der Waals surface area contributed by atoms with Crippen LogP contribution in [0.4, 0.5) is 0 Å². The van der Waals surface area contributed by atoms with Gasteiger partial charge in [0, 0.05) is 26.1 Å². The highest BCUT2D eigenvalue weighted by atomic mass is 35.5. The van der Waals surface area contributed by atoms with Crippen molar-refractivity contribution in [3.63, 3.8) is 0 Å². The maximum absolute atomic E-state index is 12.1. The number of hydrogen-bond donors (Lipinski definition) is 1. The largest absolute Gasteiger partial charge is 0.343 e. The highest BCUT2D eigenvalue weighted by Gasteiger charge is 2.18. The van der Waals surface area contributed by atoms with Crippen molar-refractivity contribution in [2.45, 2.75) is 38.0 Å². The SMILES string of the molecule is CCCCN(CC)C(=O)CCNS(=O)(=O)c1ccccc1Cl. The third-order valence-corrected chi connectivity index (χ3v) is 5.23. The summed E-state index contributed by atoms with van der Waals surface area (Å²) in [7, 11) is -3.69. The number of unbranched alkanes of at least 4 members (excludes halogenated alkanes) is 1. The first-order valence-electron chi connectivity index (χ1n) is 7.44. The van der Waals surface area contributed by atoms with Crippen LogP contribution >= 0.6 is 11.6 Å². The number of carbonyl (C=O) groups excluding carboxylic acids is 1. The fourth-order valence-electron chi connectivity index (χ4n) is 2.00. The number of sulfonamides is 1. The van der Waals surface area contributed by atoms with Gasteiger partial charge in [-0.3, -0.25) is 4.79 Å². The van der Waals surface area contributed by atoms with Gasteiger partial charge in [0.1, 0.15) is 4.90 Å². The number of carbonyl (C=O) groups is 1. The molecule has 0 heterocycles. The van der Waals surface area contributed by atoms with E-state index >= 15 is 0 Å². The van der Waals surface area contributed by atoms with Crippen molar-refractivity contribution in [1.29, 1.82) is 0 Å². The standard InChI is InChI=1S/C15H23ClN2O3S/c1-3-5-12-18(4-2)15(19)10-11-17-22(20,21)14-9-7-6-8-13(14)16/h6-9,17H,3-5,10-12H2,1-2H3. The minimum absolute atomic E-state index is 0.0300. The molecule has 7 heteroatoms. The summed E-state index contributed by atoms with van der Waals surface area (Å²) in [6.07, 6.45) is 2.11. The Morgan fingerprint density at radius 1 is 1.27 bits per heavy atom. The molecule has 5 nitrogen and oxygen atoms in total. The lowest BCUT2D eigenvalue weighted by molar-refractivity contribution is -0.130. The number of halogens is 1. The maximum atomic E-state index is 12.1. The molecule has 0 atom stereocenters. The van der Waals surface area contributed by atoms with Gasteiger partial charge in [-0.2, -0.15) is 0 Å². The van der Waals surface area contributed by atoms with Gasteiger partial charge < -0.3 is 4.90 Å². The van der Waals surface area contributed by atoms with Gasteiger partial charge in [-0.05, 0) is 25.5 Å². The van der Waals surface area contributed by atoms with Gasteiger partial charge in [0.25, 0.3) is 0 Å². The molecule has 0 spiro atoms. The molecule has 0 aliphatic rings. The summed E-state index contributed by atoms with van der Waals surface area (Å²) in [5, 5.41) is 0.166. The topological polar surface area (TPSA) is 66.5 Å². The molecule has 0 bridgehead atoms. The highest BCUT2D eigenvalue weighted by molar-refractivity contribution is 7.89. The van der Waals surface area contributed by atoms with Crippen molar-refractivity contribution >= 4 is 27.5 Å². The second kappa shape index (κ2) is 9.12. The van der Waals surface area contributed by atoms with E-state index in [1.54, 1.807) is 17.0 Å². The molecule has 0 fully saturated rings. The molecule has 0 aliphatic heterocycles. The highest BCUT2D eigenvalue weighted by Crippen LogP contribution is 2.19. The smallest absolute Gasteiger partial charge is 0.242 e. The fraction of sp³-hybridized carbons (Fsp3) is 0.533. The number of nitrogens with one attached hydrogen (secondary N) is 1. The maximum Gasteiger partial charge on any atom is 0.242 e. The Kier molecular flexibility index (Phi) is 7.85. The van der Waals surface area contributed by atoms with Crippen molar-refractivity contribution in [3.05, 3.63) is 29.3 Å². The molecule has 0 aliphatic carbocycles. The van der Waals surface area contributed by atoms with Crippen LogP contribution in [0.2, 0.25) is 5.02 Å². The Hall–Kier alpha value is -1.11. The quantitative estimate of drug-likeness (QED) is 0.747. The predicted molar refractivity (Wildman–Crippen MR) is 88.4 cm³/mol. The molecule has 1 aromatic rings. The lowest BCUT2D eigenvalue weighted by Crippen LogP contribution is -2.35. The van der Waals surface area contributed by atoms with E-state index in [-0.39, 0.29) is 28.8 Å². The Morgan fingerprint density at radius 3 is 2.55 bits per heavy atom. The fourth-order valence-corrected chi connectivity index (χ4v) is 3.55. The minimum Gasteiger partial charge on any atom is -0.343 e. The average molecular weight is 347 g/mol. The molecule has 124 valence electrons. The normalized spacial score (nSPS) is 11.4. The Bertz CT molecular complexity index is 590. The number of nitrogens with zero attached hydrogens (tertiary/aromatic N) is 1. The van der Waals surface area contributed by atoms with E-state index in [4.69, 9.17) is 11.6 Å². The Morgan fingerprint density at radius 2 is 1.95 bits per heavy atom. The van der Waals surface area contributed by atoms with Gasteiger partial charge in [-0.1, -0.05) is 37.1 Å². The summed E-state index contributed by atoms with van der Waals surface area (Å²) in [5.41, 5.74) is 0. The molecule has 0 saturated carbocycles. The molecule has 0 radical (unpaired) electrons. The lowest BCUT2D eigenvalue weighted by atomic mass is 10.3. The van der Waals surface area contributed by atoms with Crippen LogP contribution in [0.3, 0.4) is 0 Å². The van der Waals surface area contributed by atoms with Crippen molar-refractivity contribution in [3.8, 4) is 0 Å². The van der Waals surface area contributed by atoms with Crippen LogP contribution in [0.25, 0.3) is 0 Å². The van der Waals surface area contributed by atoms with Crippen LogP contribution in [0, 0.1) is 0 Å². The van der Waals surface area contributed by atoms with Crippen molar-refractivity contribution in [2.24, 2.45) is 0 Å². The van der Waals surface area contributed by atoms with E-state index in [0.29, 0.717) is 13.1 Å². The minimum atomic E-state index is -3.69. The summed E-state index contributed by atoms with van der Waals surface area (Å²) in [4.78, 5) is 13.8. The molecular weight excluding hydrogens is 324 g/mol. The number of hydrogen-bond acceptors (Lipinski definition) is 3. The van der Waals surface area contributed by atoms with Crippen LogP contribution in [0.5, 0.6) is 0 Å². The second-order valence-electron chi connectivity index (χ2n) is 4.91. The predicted octanol–water partition coefficient (Wildman–Crippen LogP) is 2.66. The van der Waals surface area contributed by atoms with Crippen LogP contribution < -0.4 is 4.72 Å². The number of amides is 1. The van der Waals surface area contributed by atoms with E-state index in [1.165, 1.54) is 12.1 Å². The summed E-state index contributed by atoms with van der Waals surface area (Å²) in [6.45, 7) is 5.39. The van der Waals surface area contributed by atoms with E-state index in [1.807, 2.05) is 6.92 Å². The van der Waals surface area contributed by atoms with Crippen molar-refractivity contribution in [1.82, 2.24) is 9.62 Å². The molecule has 0 unspecified atom stereocenters. The van der Waals surface area contributed by atoms with Crippen molar-refractivity contribution in [2.75, 3.05) is 19.6 Å². The van der Waals surface area contributed by atoms with Crippen LogP contribution in [0.1, 0.15) is 33.1 Å². The Balaban J connectivity index is 2.56. The Labute approximate surface area is 137 Å². The molecule has 1 aromatic carbocycles. The first kappa shape index (κ1) is 18.9. The van der Waals surface area contributed by atoms with Crippen LogP contribution in [0.15, 0.2) is 29.2 Å². The zero-order chi connectivity index (χ0) is 16.6. The molecule has 1 rings (SSSR count). The van der Waals surface area contributed by atoms with Gasteiger partial charge in [-0.15, -0.1) is 0 Å². The lowest BCUT2D eigenvalue weighted by Gasteiger charge is -2.20. The summed E-state index contributed by atoms with van der Waals surface area (Å²) in [5.74, 6) is -0.0437. The molecule has 1 N–H and O–H groups in total. The zero-order valence-electron chi connectivity index (χ0n) is 13.0. The summed E-state index contributed by atoms with van der Waals surface area (Å²) in [6, 6.07) is 6.23. The van der Waals surface area contributed by atoms with E-state index in [0.717, 1.165) is 12.8 Å². The summed E-state index contributed by atoms with van der Waals surface area (Å²) >= 11 is 5.89. The molecular formula is C15H23ClN2O3S. The van der Waals surface area contributed by atoms with Gasteiger partial charge >= 0.3 is 0 Å². The third-order valence-electron chi connectivity index (χ3n) is 3.27. The molecule has 0 aromatic heterocycles. The second-order valence-corrected chi connectivity index (χ2v) is 7.05. The average Bonchev–Trinajstić information content (AvgIpc) is 2.48. The van der Waals surface area contributed by atoms with E-state index in [2.05, 4.69) is 11.6 Å². The first-order valence-corrected chi connectivity index (χ1v) is 9.30. The molecule has 0 saturated heterocycles. The molecule has 1 amide bonds.